The number of aliphatic carboxylic acids is 1. The van der Waals surface area contributed by atoms with E-state index in [-0.39, 0.29) is 37.9 Å². The minimum atomic E-state index is -0.930. The molecule has 10 heteroatoms. The Balaban J connectivity index is 1.73. The number of rotatable bonds is 8. The van der Waals surface area contributed by atoms with Crippen molar-refractivity contribution in [2.75, 3.05) is 13.1 Å². The van der Waals surface area contributed by atoms with E-state index >= 15 is 0 Å². The van der Waals surface area contributed by atoms with Crippen LogP contribution in [0.1, 0.15) is 33.0 Å². The highest BCUT2D eigenvalue weighted by Crippen LogP contribution is 2.01. The van der Waals surface area contributed by atoms with Crippen molar-refractivity contribution in [3.63, 3.8) is 0 Å². The Bertz CT molecular complexity index is 759. The van der Waals surface area contributed by atoms with E-state index in [9.17, 15) is 14.4 Å². The summed E-state index contributed by atoms with van der Waals surface area (Å²) in [6, 6.07) is 1.68. The summed E-state index contributed by atoms with van der Waals surface area (Å²) in [5, 5.41) is 21.9. The SMILES string of the molecule is Cc1cc(C(=O)NCCNC(=O)c2cnn(CCC(=O)O)c2)nn1C. The van der Waals surface area contributed by atoms with Crippen molar-refractivity contribution in [3.8, 4) is 0 Å². The van der Waals surface area contributed by atoms with Gasteiger partial charge in [0, 0.05) is 32.0 Å². The van der Waals surface area contributed by atoms with Crippen LogP contribution in [0.3, 0.4) is 0 Å². The van der Waals surface area contributed by atoms with Gasteiger partial charge in [0.15, 0.2) is 0 Å². The van der Waals surface area contributed by atoms with Crippen molar-refractivity contribution in [3.05, 3.63) is 35.4 Å². The minimum absolute atomic E-state index is 0.0677. The standard InChI is InChI=1S/C15H20N6O4/c1-10-7-12(19-20(10)2)15(25)17-5-4-16-14(24)11-8-18-21(9-11)6-3-13(22)23/h7-9H,3-6H2,1-2H3,(H,16,24)(H,17,25)(H,22,23). The molecular formula is C15H20N6O4. The molecule has 0 radical (unpaired) electrons. The van der Waals surface area contributed by atoms with E-state index < -0.39 is 5.97 Å². The van der Waals surface area contributed by atoms with Gasteiger partial charge >= 0.3 is 5.97 Å². The molecule has 0 fully saturated rings. The van der Waals surface area contributed by atoms with E-state index in [2.05, 4.69) is 20.8 Å². The number of aromatic nitrogens is 4. The summed E-state index contributed by atoms with van der Waals surface area (Å²) in [5.74, 6) is -1.58. The third-order valence-corrected chi connectivity index (χ3v) is 3.49. The first-order valence-corrected chi connectivity index (χ1v) is 7.68. The average molecular weight is 348 g/mol. The van der Waals surface area contributed by atoms with Crippen molar-refractivity contribution in [2.24, 2.45) is 7.05 Å². The molecule has 10 nitrogen and oxygen atoms in total. The summed E-state index contributed by atoms with van der Waals surface area (Å²) in [5.41, 5.74) is 1.53. The first-order valence-electron chi connectivity index (χ1n) is 7.68. The number of carboxylic acids is 1. The lowest BCUT2D eigenvalue weighted by molar-refractivity contribution is -0.137. The zero-order valence-corrected chi connectivity index (χ0v) is 14.0. The molecule has 0 aromatic carbocycles. The van der Waals surface area contributed by atoms with Gasteiger partial charge in [0.25, 0.3) is 11.8 Å². The third kappa shape index (κ3) is 5.16. The maximum atomic E-state index is 11.9. The third-order valence-electron chi connectivity index (χ3n) is 3.49. The van der Waals surface area contributed by atoms with Gasteiger partial charge in [0.2, 0.25) is 0 Å². The van der Waals surface area contributed by atoms with Gasteiger partial charge in [-0.15, -0.1) is 0 Å². The maximum Gasteiger partial charge on any atom is 0.305 e. The molecule has 0 bridgehead atoms. The van der Waals surface area contributed by atoms with E-state index in [1.807, 2.05) is 6.92 Å². The fourth-order valence-corrected chi connectivity index (χ4v) is 2.03. The molecule has 0 saturated heterocycles. The second kappa shape index (κ2) is 8.08. The van der Waals surface area contributed by atoms with E-state index in [1.165, 1.54) is 17.1 Å². The normalized spacial score (nSPS) is 10.5. The second-order valence-electron chi connectivity index (χ2n) is 5.44. The Morgan fingerprint density at radius 1 is 1.20 bits per heavy atom. The van der Waals surface area contributed by atoms with Gasteiger partial charge in [-0.25, -0.2) is 0 Å². The number of carbonyl (C=O) groups is 3. The fraction of sp³-hybridized carbons (Fsp3) is 0.400. The topological polar surface area (TPSA) is 131 Å². The van der Waals surface area contributed by atoms with Gasteiger partial charge in [0.05, 0.1) is 24.7 Å². The molecule has 2 aromatic heterocycles. The molecule has 0 aliphatic rings. The monoisotopic (exact) mass is 348 g/mol. The highest BCUT2D eigenvalue weighted by Gasteiger charge is 2.11. The molecule has 25 heavy (non-hydrogen) atoms. The average Bonchev–Trinajstić information content (AvgIpc) is 3.16. The first-order chi connectivity index (χ1) is 11.9. The van der Waals surface area contributed by atoms with Gasteiger partial charge < -0.3 is 15.7 Å². The summed E-state index contributed by atoms with van der Waals surface area (Å²) in [7, 11) is 1.75. The summed E-state index contributed by atoms with van der Waals surface area (Å²) in [6.07, 6.45) is 2.78. The number of hydrogen-bond donors (Lipinski definition) is 3. The van der Waals surface area contributed by atoms with Crippen LogP contribution in [0.15, 0.2) is 18.5 Å². The predicted molar refractivity (Wildman–Crippen MR) is 87.1 cm³/mol. The number of aryl methyl sites for hydroxylation is 3. The van der Waals surface area contributed by atoms with Crippen LogP contribution in [0.4, 0.5) is 0 Å². The molecular weight excluding hydrogens is 328 g/mol. The number of carbonyl (C=O) groups excluding carboxylic acids is 2. The number of amides is 2. The van der Waals surface area contributed by atoms with Crippen molar-refractivity contribution in [2.45, 2.75) is 19.9 Å². The van der Waals surface area contributed by atoms with Gasteiger partial charge in [-0.3, -0.25) is 23.7 Å². The summed E-state index contributed by atoms with van der Waals surface area (Å²) < 4.78 is 3.01. The van der Waals surface area contributed by atoms with E-state index in [1.54, 1.807) is 17.8 Å². The molecule has 0 aliphatic heterocycles. The van der Waals surface area contributed by atoms with Crippen molar-refractivity contribution < 1.29 is 19.5 Å². The molecule has 0 atom stereocenters. The zero-order valence-electron chi connectivity index (χ0n) is 14.0. The van der Waals surface area contributed by atoms with E-state index in [4.69, 9.17) is 5.11 Å². The molecule has 0 saturated carbocycles. The predicted octanol–water partition coefficient (Wildman–Crippen LogP) is -0.440. The van der Waals surface area contributed by atoms with Crippen LogP contribution in [0.5, 0.6) is 0 Å². The molecule has 134 valence electrons. The lowest BCUT2D eigenvalue weighted by atomic mass is 10.3. The Morgan fingerprint density at radius 2 is 1.88 bits per heavy atom. The summed E-state index contributed by atoms with van der Waals surface area (Å²) >= 11 is 0. The number of nitrogens with one attached hydrogen (secondary N) is 2. The van der Waals surface area contributed by atoms with Crippen LogP contribution in [0, 0.1) is 6.92 Å². The minimum Gasteiger partial charge on any atom is -0.481 e. The number of carboxylic acid groups (broad SMARTS) is 1. The van der Waals surface area contributed by atoms with Gasteiger partial charge in [0.1, 0.15) is 5.69 Å². The molecule has 0 unspecified atom stereocenters. The van der Waals surface area contributed by atoms with E-state index in [0.29, 0.717) is 11.3 Å². The summed E-state index contributed by atoms with van der Waals surface area (Å²) in [4.78, 5) is 34.3. The first kappa shape index (κ1) is 18.2. The highest BCUT2D eigenvalue weighted by molar-refractivity contribution is 5.94. The van der Waals surface area contributed by atoms with E-state index in [0.717, 1.165) is 5.69 Å². The lowest BCUT2D eigenvalue weighted by Crippen LogP contribution is -2.34. The largest absolute Gasteiger partial charge is 0.481 e. The van der Waals surface area contributed by atoms with Crippen molar-refractivity contribution in [1.29, 1.82) is 0 Å². The molecule has 2 aromatic rings. The van der Waals surface area contributed by atoms with Crippen LogP contribution in [-0.4, -0.2) is 55.5 Å². The smallest absolute Gasteiger partial charge is 0.305 e. The van der Waals surface area contributed by atoms with Gasteiger partial charge in [-0.05, 0) is 13.0 Å². The summed E-state index contributed by atoms with van der Waals surface area (Å²) in [6.45, 7) is 2.55. The lowest BCUT2D eigenvalue weighted by Gasteiger charge is -2.05. The Kier molecular flexibility index (Phi) is 5.88. The quantitative estimate of drug-likeness (QED) is 0.554. The number of nitrogens with zero attached hydrogens (tertiary/aromatic N) is 4. The number of hydrogen-bond acceptors (Lipinski definition) is 5. The van der Waals surface area contributed by atoms with Crippen LogP contribution in [0.2, 0.25) is 0 Å². The highest BCUT2D eigenvalue weighted by atomic mass is 16.4. The van der Waals surface area contributed by atoms with Crippen molar-refractivity contribution >= 4 is 17.8 Å². The Hall–Kier alpha value is -3.17. The van der Waals surface area contributed by atoms with Crippen LogP contribution < -0.4 is 10.6 Å². The van der Waals surface area contributed by atoms with Crippen LogP contribution >= 0.6 is 0 Å². The van der Waals surface area contributed by atoms with Crippen LogP contribution in [-0.2, 0) is 18.4 Å². The molecule has 0 spiro atoms. The van der Waals surface area contributed by atoms with Gasteiger partial charge in [-0.2, -0.15) is 10.2 Å². The Labute approximate surface area is 143 Å². The van der Waals surface area contributed by atoms with Gasteiger partial charge in [-0.1, -0.05) is 0 Å². The zero-order chi connectivity index (χ0) is 18.4. The molecule has 2 heterocycles. The molecule has 0 aliphatic carbocycles. The molecule has 2 rings (SSSR count). The Morgan fingerprint density at radius 3 is 2.48 bits per heavy atom. The molecule has 2 amide bonds. The second-order valence-corrected chi connectivity index (χ2v) is 5.44. The molecule has 3 N–H and O–H groups in total. The maximum absolute atomic E-state index is 11.9. The van der Waals surface area contributed by atoms with Crippen LogP contribution in [0.25, 0.3) is 0 Å². The van der Waals surface area contributed by atoms with Crippen molar-refractivity contribution in [1.82, 2.24) is 30.2 Å². The fourth-order valence-electron chi connectivity index (χ4n) is 2.03.